The summed E-state index contributed by atoms with van der Waals surface area (Å²) in [5.74, 6) is 5.51. The van der Waals surface area contributed by atoms with Crippen LogP contribution in [0.3, 0.4) is 0 Å². The zero-order valence-electron chi connectivity index (χ0n) is 37.5. The Morgan fingerprint density at radius 3 is 1.15 bits per heavy atom. The number of unbranched alkanes of at least 4 members (excludes halogenated alkanes) is 2. The van der Waals surface area contributed by atoms with Crippen molar-refractivity contribution in [1.82, 2.24) is 0 Å². The van der Waals surface area contributed by atoms with E-state index in [0.717, 1.165) is 73.0 Å². The maximum Gasteiger partial charge on any atom is 0.311 e. The molecule has 0 saturated heterocycles. The fourth-order valence-corrected chi connectivity index (χ4v) is 9.29. The average molecular weight is 843 g/mol. The molecule has 7 heteroatoms. The molecule has 0 heterocycles. The SMILES string of the molecule is CCCC(=O)Oc1ccc(OCc2ccc(C3CCC(CCCCC(=O)CCCC[C@H]4CC[C@H](c5ccc(COc6ccc(OC(=O)CCC)cc6)cc5)CC4)CC3)cc2)cc1. The number of esters is 2. The number of Topliss-reactive ketones (excluding diaryl/α,β-unsaturated/α-hetero) is 1. The maximum atomic E-state index is 12.7. The Bertz CT molecular complexity index is 1780. The van der Waals surface area contributed by atoms with Crippen molar-refractivity contribution in [3.63, 3.8) is 0 Å². The predicted octanol–water partition coefficient (Wildman–Crippen LogP) is 14.2. The molecule has 2 saturated carbocycles. The van der Waals surface area contributed by atoms with Crippen LogP contribution in [-0.4, -0.2) is 17.7 Å². The Morgan fingerprint density at radius 2 is 0.790 bits per heavy atom. The van der Waals surface area contributed by atoms with Crippen molar-refractivity contribution in [3.05, 3.63) is 119 Å². The molecule has 0 bridgehead atoms. The first-order valence-corrected chi connectivity index (χ1v) is 23.9. The summed E-state index contributed by atoms with van der Waals surface area (Å²) in [7, 11) is 0. The van der Waals surface area contributed by atoms with Crippen LogP contribution in [0.4, 0.5) is 0 Å². The first-order chi connectivity index (χ1) is 30.3. The third kappa shape index (κ3) is 15.8. The Kier molecular flexibility index (Phi) is 19.0. The topological polar surface area (TPSA) is 88.1 Å². The molecule has 7 nitrogen and oxygen atoms in total. The lowest BCUT2D eigenvalue weighted by molar-refractivity contribution is -0.135. The van der Waals surface area contributed by atoms with Gasteiger partial charge in [-0.2, -0.15) is 0 Å². The number of ketones is 1. The molecule has 2 aliphatic carbocycles. The van der Waals surface area contributed by atoms with Crippen LogP contribution in [0.25, 0.3) is 0 Å². The van der Waals surface area contributed by atoms with E-state index in [-0.39, 0.29) is 11.9 Å². The Balaban J connectivity index is 0.760. The van der Waals surface area contributed by atoms with Crippen molar-refractivity contribution in [3.8, 4) is 23.0 Å². The molecule has 0 aromatic heterocycles. The number of hydrogen-bond donors (Lipinski definition) is 0. The van der Waals surface area contributed by atoms with Crippen molar-refractivity contribution in [2.75, 3.05) is 0 Å². The molecule has 0 atom stereocenters. The Morgan fingerprint density at radius 1 is 0.435 bits per heavy atom. The number of hydrogen-bond acceptors (Lipinski definition) is 7. The smallest absolute Gasteiger partial charge is 0.311 e. The third-order valence-corrected chi connectivity index (χ3v) is 13.1. The zero-order chi connectivity index (χ0) is 43.4. The van der Waals surface area contributed by atoms with Gasteiger partial charge in [0.1, 0.15) is 42.0 Å². The number of carbonyl (C=O) groups is 3. The largest absolute Gasteiger partial charge is 0.489 e. The lowest BCUT2D eigenvalue weighted by atomic mass is 9.77. The van der Waals surface area contributed by atoms with Crippen molar-refractivity contribution in [2.45, 2.75) is 167 Å². The number of carbonyl (C=O) groups excluding carboxylic acids is 3. The van der Waals surface area contributed by atoms with Gasteiger partial charge in [0.2, 0.25) is 0 Å². The second kappa shape index (κ2) is 25.3. The van der Waals surface area contributed by atoms with Gasteiger partial charge in [0.25, 0.3) is 0 Å². The highest BCUT2D eigenvalue weighted by molar-refractivity contribution is 5.78. The van der Waals surface area contributed by atoms with E-state index in [1.165, 1.54) is 88.2 Å². The van der Waals surface area contributed by atoms with E-state index >= 15 is 0 Å². The van der Waals surface area contributed by atoms with Crippen molar-refractivity contribution < 1.29 is 33.3 Å². The van der Waals surface area contributed by atoms with Gasteiger partial charge < -0.3 is 18.9 Å². The first-order valence-electron chi connectivity index (χ1n) is 23.9. The minimum absolute atomic E-state index is 0.208. The van der Waals surface area contributed by atoms with Crippen LogP contribution in [0.1, 0.15) is 176 Å². The van der Waals surface area contributed by atoms with Crippen molar-refractivity contribution in [1.29, 1.82) is 0 Å². The molecule has 2 aliphatic rings. The monoisotopic (exact) mass is 843 g/mol. The zero-order valence-corrected chi connectivity index (χ0v) is 37.5. The molecule has 0 amide bonds. The molecule has 2 fully saturated rings. The molecular weight excluding hydrogens is 773 g/mol. The second-order valence-corrected chi connectivity index (χ2v) is 17.9. The van der Waals surface area contributed by atoms with Gasteiger partial charge in [-0.1, -0.05) is 88.1 Å². The standard InChI is InChI=1S/C55H70O7/c1-3-9-54(57)61-52-35-31-50(32-36-52)59-39-43-19-27-47(28-20-43)45-23-15-41(16-24-45)11-5-7-13-49(56)14-8-6-12-42-17-25-46(26-18-42)48-29-21-44(22-30-48)40-60-51-33-37-53(38-34-51)62-55(58)10-4-2/h19-22,27-38,41-42,45-46H,3-18,23-26,39-40H2,1-2H3/t41-,42?,45-,46?. The van der Waals surface area contributed by atoms with Gasteiger partial charge in [-0.05, 0) is 172 Å². The van der Waals surface area contributed by atoms with Gasteiger partial charge in [0, 0.05) is 25.7 Å². The predicted molar refractivity (Wildman–Crippen MR) is 247 cm³/mol. The lowest BCUT2D eigenvalue weighted by Crippen LogP contribution is -2.14. The first kappa shape index (κ1) is 46.6. The van der Waals surface area contributed by atoms with Crippen molar-refractivity contribution in [2.24, 2.45) is 11.8 Å². The molecule has 6 rings (SSSR count). The van der Waals surface area contributed by atoms with Gasteiger partial charge in [-0.15, -0.1) is 0 Å². The summed E-state index contributed by atoms with van der Waals surface area (Å²) in [6, 6.07) is 32.3. The summed E-state index contributed by atoms with van der Waals surface area (Å²) < 4.78 is 22.6. The molecule has 4 aromatic carbocycles. The fraction of sp³-hybridized carbons (Fsp3) is 0.509. The summed E-state index contributed by atoms with van der Waals surface area (Å²) in [4.78, 5) is 36.1. The Hall–Kier alpha value is -4.91. The quantitative estimate of drug-likeness (QED) is 0.0394. The molecule has 0 radical (unpaired) electrons. The van der Waals surface area contributed by atoms with Crippen LogP contribution in [0.15, 0.2) is 97.1 Å². The van der Waals surface area contributed by atoms with Gasteiger partial charge in [0.15, 0.2) is 0 Å². The number of benzene rings is 4. The van der Waals surface area contributed by atoms with E-state index in [0.29, 0.717) is 55.2 Å². The van der Waals surface area contributed by atoms with E-state index in [4.69, 9.17) is 18.9 Å². The van der Waals surface area contributed by atoms with Crippen LogP contribution in [0, 0.1) is 11.8 Å². The molecule has 62 heavy (non-hydrogen) atoms. The highest BCUT2D eigenvalue weighted by Gasteiger charge is 2.24. The van der Waals surface area contributed by atoms with Gasteiger partial charge in [-0.3, -0.25) is 14.4 Å². The summed E-state index contributed by atoms with van der Waals surface area (Å²) in [5.41, 5.74) is 5.16. The molecular formula is C55H70O7. The Labute approximate surface area is 371 Å². The molecule has 332 valence electrons. The third-order valence-electron chi connectivity index (χ3n) is 13.1. The maximum absolute atomic E-state index is 12.7. The van der Waals surface area contributed by atoms with Crippen molar-refractivity contribution >= 4 is 17.7 Å². The summed E-state index contributed by atoms with van der Waals surface area (Å²) in [5, 5.41) is 0. The molecule has 0 unspecified atom stereocenters. The molecule has 0 N–H and O–H groups in total. The lowest BCUT2D eigenvalue weighted by Gasteiger charge is -2.29. The number of rotatable bonds is 24. The van der Waals surface area contributed by atoms with Crippen LogP contribution < -0.4 is 18.9 Å². The average Bonchev–Trinajstić information content (AvgIpc) is 3.30. The van der Waals surface area contributed by atoms with Gasteiger partial charge in [0.05, 0.1) is 0 Å². The summed E-state index contributed by atoms with van der Waals surface area (Å²) >= 11 is 0. The van der Waals surface area contributed by atoms with E-state index in [1.54, 1.807) is 24.3 Å². The van der Waals surface area contributed by atoms with Crippen LogP contribution in [0.2, 0.25) is 0 Å². The minimum Gasteiger partial charge on any atom is -0.489 e. The summed E-state index contributed by atoms with van der Waals surface area (Å²) in [6.07, 6.45) is 21.0. The van der Waals surface area contributed by atoms with Crippen LogP contribution in [0.5, 0.6) is 23.0 Å². The second-order valence-electron chi connectivity index (χ2n) is 17.9. The van der Waals surface area contributed by atoms with E-state index in [9.17, 15) is 14.4 Å². The highest BCUT2D eigenvalue weighted by Crippen LogP contribution is 2.39. The van der Waals surface area contributed by atoms with Gasteiger partial charge >= 0.3 is 11.9 Å². The minimum atomic E-state index is -0.208. The highest BCUT2D eigenvalue weighted by atomic mass is 16.5. The van der Waals surface area contributed by atoms with E-state index < -0.39 is 0 Å². The number of ether oxygens (including phenoxy) is 4. The summed E-state index contributed by atoms with van der Waals surface area (Å²) in [6.45, 7) is 4.93. The molecule has 0 aliphatic heterocycles. The van der Waals surface area contributed by atoms with Gasteiger partial charge in [-0.25, -0.2) is 0 Å². The van der Waals surface area contributed by atoms with E-state index in [1.807, 2.05) is 38.1 Å². The van der Waals surface area contributed by atoms with Crippen LogP contribution in [-0.2, 0) is 27.6 Å². The molecule has 4 aromatic rings. The fourth-order valence-electron chi connectivity index (χ4n) is 9.29. The normalized spacial score (nSPS) is 18.7. The molecule has 0 spiro atoms. The van der Waals surface area contributed by atoms with E-state index in [2.05, 4.69) is 48.5 Å². The van der Waals surface area contributed by atoms with Crippen LogP contribution >= 0.6 is 0 Å².